The third-order valence-electron chi connectivity index (χ3n) is 6.17. The maximum Gasteiger partial charge on any atom is 0.200 e. The Bertz CT molecular complexity index is 1430. The van der Waals surface area contributed by atoms with Gasteiger partial charge < -0.3 is 0 Å². The Balaban J connectivity index is 0.00000107. The molecule has 0 N–H and O–H groups in total. The highest BCUT2D eigenvalue weighted by atomic mass is 35.5. The summed E-state index contributed by atoms with van der Waals surface area (Å²) in [5, 5.41) is 0.262. The van der Waals surface area contributed by atoms with Crippen LogP contribution in [0.3, 0.4) is 0 Å². The van der Waals surface area contributed by atoms with Crippen molar-refractivity contribution >= 4 is 27.6 Å². The zero-order valence-corrected chi connectivity index (χ0v) is 22.0. The maximum absolute atomic E-state index is 15.4. The van der Waals surface area contributed by atoms with E-state index in [1.54, 1.807) is 66.7 Å². The zero-order valence-electron chi connectivity index (χ0n) is 19.9. The molecule has 40 heavy (non-hydrogen) atoms. The predicted octanol–water partition coefficient (Wildman–Crippen LogP) is 10.6. The van der Waals surface area contributed by atoms with Crippen LogP contribution in [0.15, 0.2) is 73.3 Å². The van der Waals surface area contributed by atoms with Gasteiger partial charge in [-0.15, -0.1) is 0 Å². The van der Waals surface area contributed by atoms with Crippen LogP contribution in [0, 0.1) is 29.1 Å². The maximum atomic E-state index is 15.4. The van der Waals surface area contributed by atoms with Gasteiger partial charge in [0, 0.05) is 38.0 Å². The van der Waals surface area contributed by atoms with E-state index < -0.39 is 40.1 Å². The molecule has 0 saturated carbocycles. The summed E-state index contributed by atoms with van der Waals surface area (Å²) < 4.78 is 122. The van der Waals surface area contributed by atoms with Gasteiger partial charge in [-0.2, -0.15) is 9.90 Å². The number of hydrogen-bond donors (Lipinski definition) is 0. The first kappa shape index (κ1) is 34.6. The summed E-state index contributed by atoms with van der Waals surface area (Å²) in [4.78, 5) is 0. The van der Waals surface area contributed by atoms with Crippen LogP contribution in [0.2, 0.25) is 5.02 Å². The van der Waals surface area contributed by atoms with E-state index in [1.807, 2.05) is 0 Å². The van der Waals surface area contributed by atoms with Crippen LogP contribution in [-0.2, 0) is 5.41 Å². The summed E-state index contributed by atoms with van der Waals surface area (Å²) in [5.74, 6) is -9.98. The first-order chi connectivity index (χ1) is 18.8. The van der Waals surface area contributed by atoms with Gasteiger partial charge in [-0.25, -0.2) is 22.0 Å². The minimum Gasteiger partial charge on any atom is -0.203 e. The molecule has 4 aromatic rings. The van der Waals surface area contributed by atoms with Gasteiger partial charge in [-0.05, 0) is 45.5 Å². The standard InChI is InChI=1S/C27H14ClF5.3F2.H3P/c1-2-14-7-9-15(10-8-14)27(21-22(29)24(31)26(33)25(32)23(21)30)19-6-4-3-5-17(19)18-12-11-16(28)13-20(18)27;3*1-2;/h2-13H,1H2;;;;1H3. The van der Waals surface area contributed by atoms with Crippen molar-refractivity contribution in [2.75, 3.05) is 0 Å². The molecule has 0 amide bonds. The molecule has 4 aromatic carbocycles. The second kappa shape index (κ2) is 14.8. The SMILES string of the molecule is C=Cc1ccc(C2(c3c(F)c(F)c(F)c(F)c3F)c3ccccc3-c3ccc(Cl)cc32)cc1.FF.FF.FF.P. The van der Waals surface area contributed by atoms with Gasteiger partial charge in [0.15, 0.2) is 23.3 Å². The molecule has 2 unspecified atom stereocenters. The van der Waals surface area contributed by atoms with Crippen molar-refractivity contribution in [2.24, 2.45) is 0 Å². The van der Waals surface area contributed by atoms with Gasteiger partial charge in [0.2, 0.25) is 5.82 Å². The molecular formula is C27H17ClF11P. The molecule has 2 atom stereocenters. The van der Waals surface area contributed by atoms with E-state index in [0.29, 0.717) is 27.8 Å². The Kier molecular flexibility index (Phi) is 12.8. The molecule has 13 heteroatoms. The fourth-order valence-corrected chi connectivity index (χ4v) is 4.95. The molecule has 0 heterocycles. The highest BCUT2D eigenvalue weighted by molar-refractivity contribution is 6.92. The summed E-state index contributed by atoms with van der Waals surface area (Å²) in [5.41, 5.74) is 0.183. The molecule has 0 fully saturated rings. The van der Waals surface area contributed by atoms with Crippen molar-refractivity contribution in [3.8, 4) is 11.1 Å². The van der Waals surface area contributed by atoms with Crippen LogP contribution >= 0.6 is 21.5 Å². The number of hydrogen-bond acceptors (Lipinski definition) is 0. The number of halogens is 12. The van der Waals surface area contributed by atoms with E-state index in [0.717, 1.165) is 5.56 Å². The minimum absolute atomic E-state index is 0. The van der Waals surface area contributed by atoms with Crippen molar-refractivity contribution in [3.63, 3.8) is 0 Å². The Morgan fingerprint density at radius 1 is 0.600 bits per heavy atom. The first-order valence-corrected chi connectivity index (χ1v) is 10.8. The lowest BCUT2D eigenvalue weighted by Crippen LogP contribution is -2.32. The average Bonchev–Trinajstić information content (AvgIpc) is 3.28. The van der Waals surface area contributed by atoms with Crippen molar-refractivity contribution in [1.29, 1.82) is 0 Å². The molecule has 1 aliphatic rings. The lowest BCUT2D eigenvalue weighted by molar-refractivity contribution is 0.108. The van der Waals surface area contributed by atoms with Crippen molar-refractivity contribution in [2.45, 2.75) is 5.41 Å². The van der Waals surface area contributed by atoms with Crippen LogP contribution in [0.5, 0.6) is 0 Å². The Hall–Kier alpha value is -3.43. The highest BCUT2D eigenvalue weighted by Crippen LogP contribution is 2.57. The molecular weight excluding hydrogens is 600 g/mol. The molecule has 0 bridgehead atoms. The lowest BCUT2D eigenvalue weighted by Gasteiger charge is -2.34. The van der Waals surface area contributed by atoms with Gasteiger partial charge in [0.25, 0.3) is 0 Å². The number of rotatable bonds is 3. The molecule has 5 rings (SSSR count). The fourth-order valence-electron chi connectivity index (χ4n) is 4.78. The lowest BCUT2D eigenvalue weighted by atomic mass is 9.67. The summed E-state index contributed by atoms with van der Waals surface area (Å²) in [6.45, 7) is 3.70. The molecule has 0 nitrogen and oxygen atoms in total. The minimum atomic E-state index is -2.21. The van der Waals surface area contributed by atoms with Gasteiger partial charge in [0.1, 0.15) is 0 Å². The Morgan fingerprint density at radius 2 is 1.07 bits per heavy atom. The van der Waals surface area contributed by atoms with Crippen LogP contribution in [0.25, 0.3) is 17.2 Å². The third kappa shape index (κ3) is 5.45. The third-order valence-corrected chi connectivity index (χ3v) is 6.41. The van der Waals surface area contributed by atoms with E-state index in [2.05, 4.69) is 6.58 Å². The topological polar surface area (TPSA) is 0 Å². The predicted molar refractivity (Wildman–Crippen MR) is 136 cm³/mol. The van der Waals surface area contributed by atoms with Crippen LogP contribution in [-0.4, -0.2) is 0 Å². The van der Waals surface area contributed by atoms with E-state index in [1.165, 1.54) is 6.07 Å². The van der Waals surface area contributed by atoms with E-state index in [9.17, 15) is 13.2 Å². The summed E-state index contributed by atoms with van der Waals surface area (Å²) >= 11 is 6.27. The largest absolute Gasteiger partial charge is 0.203 e. The summed E-state index contributed by atoms with van der Waals surface area (Å²) in [7, 11) is 0. The number of fused-ring (bicyclic) bond motifs is 3. The van der Waals surface area contributed by atoms with Crippen molar-refractivity contribution in [3.05, 3.63) is 135 Å². The van der Waals surface area contributed by atoms with E-state index >= 15 is 8.78 Å². The quantitative estimate of drug-likeness (QED) is 0.0819. The van der Waals surface area contributed by atoms with E-state index in [4.69, 9.17) is 39.0 Å². The van der Waals surface area contributed by atoms with Gasteiger partial charge >= 0.3 is 0 Å². The molecule has 0 saturated heterocycles. The van der Waals surface area contributed by atoms with Crippen LogP contribution in [0.4, 0.5) is 49.4 Å². The monoisotopic (exact) mass is 616 g/mol. The molecule has 1 aliphatic carbocycles. The molecule has 0 aliphatic heterocycles. The van der Waals surface area contributed by atoms with Gasteiger partial charge in [0.05, 0.1) is 5.41 Å². The Labute approximate surface area is 228 Å². The summed E-state index contributed by atoms with van der Waals surface area (Å²) in [6, 6.07) is 18.1. The van der Waals surface area contributed by atoms with Gasteiger partial charge in [-0.1, -0.05) is 78.9 Å². The Morgan fingerprint density at radius 3 is 1.60 bits per heavy atom. The van der Waals surface area contributed by atoms with Gasteiger partial charge in [-0.3, -0.25) is 0 Å². The smallest absolute Gasteiger partial charge is 0.200 e. The molecule has 214 valence electrons. The highest BCUT2D eigenvalue weighted by Gasteiger charge is 2.51. The first-order valence-electron chi connectivity index (χ1n) is 10.4. The average molecular weight is 617 g/mol. The second-order valence-corrected chi connectivity index (χ2v) is 8.19. The van der Waals surface area contributed by atoms with Crippen molar-refractivity contribution < 1.29 is 49.4 Å². The normalized spacial score (nSPS) is 14.0. The van der Waals surface area contributed by atoms with E-state index in [-0.39, 0.29) is 14.9 Å². The molecule has 0 radical (unpaired) electrons. The molecule has 0 spiro atoms. The van der Waals surface area contributed by atoms with Crippen LogP contribution < -0.4 is 0 Å². The second-order valence-electron chi connectivity index (χ2n) is 7.76. The van der Waals surface area contributed by atoms with Crippen molar-refractivity contribution in [1.82, 2.24) is 0 Å². The van der Waals surface area contributed by atoms with Crippen LogP contribution in [0.1, 0.15) is 27.8 Å². The summed E-state index contributed by atoms with van der Waals surface area (Å²) in [6.07, 6.45) is 1.59. The number of benzene rings is 4. The molecule has 0 aromatic heterocycles. The fraction of sp³-hybridized carbons (Fsp3) is 0.0370. The zero-order chi connectivity index (χ0) is 29.5.